The van der Waals surface area contributed by atoms with Crippen LogP contribution in [0.15, 0.2) is 75.6 Å². The summed E-state index contributed by atoms with van der Waals surface area (Å²) in [7, 11) is 0. The molecule has 7 nitrogen and oxygen atoms in total. The van der Waals surface area contributed by atoms with Crippen LogP contribution in [0.5, 0.6) is 0 Å². The third-order valence-corrected chi connectivity index (χ3v) is 5.10. The molecule has 164 valence electrons. The number of rotatable bonds is 3. The molecule has 2 aromatic heterocycles. The zero-order valence-electron chi connectivity index (χ0n) is 17.0. The molecule has 1 amide bonds. The SMILES string of the molecule is CC1=C(C#N)[C@H](c2cc3c(NC(=O)c4ccccc4)nccc3o2)C(C#N)=C(C(F)(F)F)N1. The molecule has 2 N–H and O–H groups in total. The van der Waals surface area contributed by atoms with Gasteiger partial charge in [-0.15, -0.1) is 0 Å². The van der Waals surface area contributed by atoms with E-state index in [4.69, 9.17) is 4.42 Å². The number of hydrogen-bond acceptors (Lipinski definition) is 6. The third-order valence-electron chi connectivity index (χ3n) is 5.10. The number of hydrogen-bond donors (Lipinski definition) is 2. The number of benzene rings is 1. The molecule has 1 aliphatic heterocycles. The second-order valence-electron chi connectivity index (χ2n) is 7.15. The van der Waals surface area contributed by atoms with Gasteiger partial charge in [-0.3, -0.25) is 4.79 Å². The first-order valence-electron chi connectivity index (χ1n) is 9.58. The summed E-state index contributed by atoms with van der Waals surface area (Å²) in [5, 5.41) is 24.2. The summed E-state index contributed by atoms with van der Waals surface area (Å²) in [6.45, 7) is 1.32. The molecule has 0 bridgehead atoms. The summed E-state index contributed by atoms with van der Waals surface area (Å²) >= 11 is 0. The lowest BCUT2D eigenvalue weighted by Crippen LogP contribution is -2.33. The zero-order valence-corrected chi connectivity index (χ0v) is 17.0. The lowest BCUT2D eigenvalue weighted by Gasteiger charge is -2.27. The number of alkyl halides is 3. The second kappa shape index (κ2) is 8.17. The van der Waals surface area contributed by atoms with Gasteiger partial charge < -0.3 is 15.1 Å². The van der Waals surface area contributed by atoms with Gasteiger partial charge in [-0.05, 0) is 31.2 Å². The van der Waals surface area contributed by atoms with Gasteiger partial charge in [0.1, 0.15) is 22.9 Å². The molecule has 0 radical (unpaired) electrons. The number of nitrogens with zero attached hydrogens (tertiary/aromatic N) is 3. The minimum absolute atomic E-state index is 0.0370. The molecule has 3 aromatic rings. The van der Waals surface area contributed by atoms with Crippen molar-refractivity contribution in [2.75, 3.05) is 5.32 Å². The van der Waals surface area contributed by atoms with E-state index in [-0.39, 0.29) is 28.4 Å². The maximum atomic E-state index is 13.6. The Hall–Kier alpha value is -4.57. The van der Waals surface area contributed by atoms with Crippen LogP contribution in [0.1, 0.15) is 29.0 Å². The smallest absolute Gasteiger partial charge is 0.432 e. The van der Waals surface area contributed by atoms with Gasteiger partial charge in [-0.2, -0.15) is 23.7 Å². The molecule has 0 saturated carbocycles. The largest absolute Gasteiger partial charge is 0.460 e. The zero-order chi connectivity index (χ0) is 23.8. The average molecular weight is 449 g/mol. The number of fused-ring (bicyclic) bond motifs is 1. The average Bonchev–Trinajstić information content (AvgIpc) is 3.23. The summed E-state index contributed by atoms with van der Waals surface area (Å²) in [5.41, 5.74) is -1.45. The molecule has 0 fully saturated rings. The van der Waals surface area contributed by atoms with Crippen LogP contribution in [0.4, 0.5) is 19.0 Å². The van der Waals surface area contributed by atoms with Gasteiger partial charge in [0.25, 0.3) is 5.91 Å². The normalized spacial score (nSPS) is 16.2. The summed E-state index contributed by atoms with van der Waals surface area (Å²) < 4.78 is 46.5. The van der Waals surface area contributed by atoms with Gasteiger partial charge in [-0.25, -0.2) is 4.98 Å². The molecule has 1 atom stereocenters. The first kappa shape index (κ1) is 21.7. The molecule has 0 aliphatic carbocycles. The van der Waals surface area contributed by atoms with Crippen molar-refractivity contribution < 1.29 is 22.4 Å². The van der Waals surface area contributed by atoms with E-state index >= 15 is 0 Å². The highest BCUT2D eigenvalue weighted by Crippen LogP contribution is 2.43. The number of furan rings is 1. The van der Waals surface area contributed by atoms with E-state index in [1.807, 2.05) is 6.07 Å². The van der Waals surface area contributed by atoms with Crippen molar-refractivity contribution in [3.05, 3.63) is 82.5 Å². The van der Waals surface area contributed by atoms with Crippen molar-refractivity contribution in [1.29, 1.82) is 10.5 Å². The van der Waals surface area contributed by atoms with Gasteiger partial charge in [0.15, 0.2) is 0 Å². The number of pyridine rings is 1. The molecule has 10 heteroatoms. The van der Waals surface area contributed by atoms with Crippen LogP contribution in [-0.2, 0) is 0 Å². The molecule has 3 heterocycles. The molecule has 1 aromatic carbocycles. The van der Waals surface area contributed by atoms with E-state index in [1.54, 1.807) is 36.4 Å². The Morgan fingerprint density at radius 2 is 1.85 bits per heavy atom. The van der Waals surface area contributed by atoms with Crippen molar-refractivity contribution in [2.45, 2.75) is 19.0 Å². The summed E-state index contributed by atoms with van der Waals surface area (Å²) in [4.78, 5) is 16.7. The van der Waals surface area contributed by atoms with Crippen molar-refractivity contribution in [3.8, 4) is 12.1 Å². The molecule has 33 heavy (non-hydrogen) atoms. The van der Waals surface area contributed by atoms with Gasteiger partial charge >= 0.3 is 6.18 Å². The fourth-order valence-electron chi connectivity index (χ4n) is 3.60. The maximum Gasteiger partial charge on any atom is 0.432 e. The van der Waals surface area contributed by atoms with E-state index in [1.165, 1.54) is 25.3 Å². The quantitative estimate of drug-likeness (QED) is 0.588. The Labute approximate surface area is 185 Å². The number of carbonyl (C=O) groups is 1. The summed E-state index contributed by atoms with van der Waals surface area (Å²) in [5.74, 6) is -1.74. The Balaban J connectivity index is 1.83. The minimum atomic E-state index is -4.84. The monoisotopic (exact) mass is 449 g/mol. The summed E-state index contributed by atoms with van der Waals surface area (Å²) in [6, 6.07) is 14.7. The fraction of sp³-hybridized carbons (Fsp3) is 0.130. The topological polar surface area (TPSA) is 115 Å². The highest BCUT2D eigenvalue weighted by atomic mass is 19.4. The predicted molar refractivity (Wildman–Crippen MR) is 111 cm³/mol. The third kappa shape index (κ3) is 3.90. The Morgan fingerprint density at radius 1 is 1.15 bits per heavy atom. The van der Waals surface area contributed by atoms with Crippen molar-refractivity contribution in [3.63, 3.8) is 0 Å². The van der Waals surface area contributed by atoms with E-state index in [0.29, 0.717) is 10.9 Å². The number of nitriles is 2. The molecule has 4 rings (SSSR count). The predicted octanol–water partition coefficient (Wildman–Crippen LogP) is 4.90. The highest BCUT2D eigenvalue weighted by Gasteiger charge is 2.44. The second-order valence-corrected chi connectivity index (χ2v) is 7.15. The van der Waals surface area contributed by atoms with Crippen LogP contribution in [0.25, 0.3) is 11.0 Å². The Bertz CT molecular complexity index is 1410. The molecular formula is C23H14F3N5O2. The number of halogens is 3. The van der Waals surface area contributed by atoms with Gasteiger partial charge in [0, 0.05) is 17.5 Å². The molecule has 0 spiro atoms. The number of carbonyl (C=O) groups excluding carboxylic acids is 1. The van der Waals surface area contributed by atoms with Crippen LogP contribution in [0.3, 0.4) is 0 Å². The van der Waals surface area contributed by atoms with Crippen molar-refractivity contribution in [2.24, 2.45) is 0 Å². The number of aromatic nitrogens is 1. The summed E-state index contributed by atoms with van der Waals surface area (Å²) in [6.07, 6.45) is -3.47. The van der Waals surface area contributed by atoms with Gasteiger partial charge in [-0.1, -0.05) is 18.2 Å². The first-order valence-corrected chi connectivity index (χ1v) is 9.58. The maximum absolute atomic E-state index is 13.6. The van der Waals surface area contributed by atoms with E-state index < -0.39 is 29.3 Å². The molecule has 0 unspecified atom stereocenters. The number of dihydropyridines is 1. The number of amides is 1. The van der Waals surface area contributed by atoms with Crippen LogP contribution in [0.2, 0.25) is 0 Å². The Kier molecular flexibility index (Phi) is 5.36. The molecular weight excluding hydrogens is 435 g/mol. The minimum Gasteiger partial charge on any atom is -0.460 e. The lowest BCUT2D eigenvalue weighted by atomic mass is 9.84. The molecule has 1 aliphatic rings. The van der Waals surface area contributed by atoms with Gasteiger partial charge in [0.2, 0.25) is 0 Å². The standard InChI is InChI=1S/C23H14F3N5O2/c1-12-15(10-27)19(16(11-28)20(30-12)23(24,25)26)18-9-14-17(33-18)7-8-29-21(14)31-22(32)13-5-3-2-4-6-13/h2-9,19,30H,1H3,(H,29,31,32)/t19-/m0/s1. The number of nitrogens with one attached hydrogen (secondary N) is 2. The number of allylic oxidation sites excluding steroid dienone is 4. The molecule has 0 saturated heterocycles. The lowest BCUT2D eigenvalue weighted by molar-refractivity contribution is -0.0970. The number of anilines is 1. The fourth-order valence-corrected chi connectivity index (χ4v) is 3.60. The first-order chi connectivity index (χ1) is 15.7. The van der Waals surface area contributed by atoms with Crippen LogP contribution in [0, 0.1) is 22.7 Å². The van der Waals surface area contributed by atoms with Crippen LogP contribution >= 0.6 is 0 Å². The van der Waals surface area contributed by atoms with Crippen molar-refractivity contribution in [1.82, 2.24) is 10.3 Å². The van der Waals surface area contributed by atoms with E-state index in [9.17, 15) is 28.5 Å². The van der Waals surface area contributed by atoms with E-state index in [2.05, 4.69) is 15.6 Å². The van der Waals surface area contributed by atoms with Gasteiger partial charge in [0.05, 0.1) is 34.6 Å². The Morgan fingerprint density at radius 3 is 2.48 bits per heavy atom. The van der Waals surface area contributed by atoms with Crippen LogP contribution < -0.4 is 10.6 Å². The van der Waals surface area contributed by atoms with Crippen molar-refractivity contribution >= 4 is 22.7 Å². The van der Waals surface area contributed by atoms with E-state index in [0.717, 1.165) is 0 Å². The highest BCUT2D eigenvalue weighted by molar-refractivity contribution is 6.07. The van der Waals surface area contributed by atoms with Crippen LogP contribution in [-0.4, -0.2) is 17.1 Å².